The van der Waals surface area contributed by atoms with Crippen molar-refractivity contribution < 1.29 is 4.79 Å². The lowest BCUT2D eigenvalue weighted by atomic mass is 10.1. The minimum Gasteiger partial charge on any atom is -0.368 e. The van der Waals surface area contributed by atoms with E-state index >= 15 is 0 Å². The highest BCUT2D eigenvalue weighted by atomic mass is 32.2. The molecule has 4 heteroatoms. The molecule has 1 amide bonds. The number of carbonyl (C=O) groups is 1. The van der Waals surface area contributed by atoms with E-state index in [0.717, 1.165) is 19.5 Å². The van der Waals surface area contributed by atoms with E-state index in [1.807, 2.05) is 18.7 Å². The fourth-order valence-corrected chi connectivity index (χ4v) is 3.46. The van der Waals surface area contributed by atoms with Crippen molar-refractivity contribution in [2.75, 3.05) is 13.1 Å². The minimum absolute atomic E-state index is 0.0687. The number of hydrogen-bond donors (Lipinski definition) is 1. The van der Waals surface area contributed by atoms with Gasteiger partial charge >= 0.3 is 0 Å². The summed E-state index contributed by atoms with van der Waals surface area (Å²) >= 11 is 1.99. The standard InChI is InChI=1S/C10H20N2OS/c1-4-9(10(11)13)12-5-7(2)14-8(3)6-12/h7-9H,4-6H2,1-3H3,(H2,11,13). The normalized spacial score (nSPS) is 31.4. The molecule has 0 saturated carbocycles. The highest BCUT2D eigenvalue weighted by Gasteiger charge is 2.29. The van der Waals surface area contributed by atoms with Gasteiger partial charge in [0, 0.05) is 23.6 Å². The first kappa shape index (κ1) is 11.9. The van der Waals surface area contributed by atoms with Gasteiger partial charge in [-0.05, 0) is 6.42 Å². The molecule has 3 nitrogen and oxygen atoms in total. The Balaban J connectivity index is 2.61. The SMILES string of the molecule is CCC(C(N)=O)N1CC(C)SC(C)C1. The monoisotopic (exact) mass is 216 g/mol. The van der Waals surface area contributed by atoms with Gasteiger partial charge in [0.25, 0.3) is 0 Å². The molecule has 3 unspecified atom stereocenters. The van der Waals surface area contributed by atoms with Gasteiger partial charge in [-0.3, -0.25) is 9.69 Å². The second-order valence-electron chi connectivity index (χ2n) is 4.04. The summed E-state index contributed by atoms with van der Waals surface area (Å²) in [5.41, 5.74) is 5.38. The van der Waals surface area contributed by atoms with Gasteiger partial charge in [-0.25, -0.2) is 0 Å². The molecule has 1 fully saturated rings. The molecule has 0 aromatic carbocycles. The number of amides is 1. The van der Waals surface area contributed by atoms with Crippen molar-refractivity contribution in [1.29, 1.82) is 0 Å². The molecule has 0 spiro atoms. The van der Waals surface area contributed by atoms with Crippen LogP contribution in [-0.4, -0.2) is 40.4 Å². The summed E-state index contributed by atoms with van der Waals surface area (Å²) < 4.78 is 0. The van der Waals surface area contributed by atoms with E-state index < -0.39 is 0 Å². The highest BCUT2D eigenvalue weighted by molar-refractivity contribution is 8.00. The van der Waals surface area contributed by atoms with Crippen molar-refractivity contribution in [2.24, 2.45) is 5.73 Å². The summed E-state index contributed by atoms with van der Waals surface area (Å²) in [6, 6.07) is -0.0687. The molecule has 2 N–H and O–H groups in total. The van der Waals surface area contributed by atoms with Crippen LogP contribution in [-0.2, 0) is 4.79 Å². The van der Waals surface area contributed by atoms with Crippen LogP contribution in [0, 0.1) is 0 Å². The molecule has 0 aromatic heterocycles. The fraction of sp³-hybridized carbons (Fsp3) is 0.900. The van der Waals surface area contributed by atoms with Crippen molar-refractivity contribution in [2.45, 2.75) is 43.7 Å². The van der Waals surface area contributed by atoms with Crippen molar-refractivity contribution in [3.63, 3.8) is 0 Å². The summed E-state index contributed by atoms with van der Waals surface area (Å²) in [7, 11) is 0. The molecule has 1 saturated heterocycles. The Kier molecular flexibility index (Phi) is 4.26. The molecule has 14 heavy (non-hydrogen) atoms. The van der Waals surface area contributed by atoms with Gasteiger partial charge in [-0.2, -0.15) is 11.8 Å². The van der Waals surface area contributed by atoms with E-state index in [2.05, 4.69) is 18.7 Å². The number of thioether (sulfide) groups is 1. The third-order valence-electron chi connectivity index (χ3n) is 2.60. The van der Waals surface area contributed by atoms with E-state index in [4.69, 9.17) is 5.73 Å². The van der Waals surface area contributed by atoms with Crippen LogP contribution in [0.25, 0.3) is 0 Å². The Morgan fingerprint density at radius 3 is 2.36 bits per heavy atom. The number of nitrogens with two attached hydrogens (primary N) is 1. The average Bonchev–Trinajstić information content (AvgIpc) is 2.02. The van der Waals surface area contributed by atoms with Gasteiger partial charge < -0.3 is 5.73 Å². The van der Waals surface area contributed by atoms with E-state index in [0.29, 0.717) is 10.5 Å². The summed E-state index contributed by atoms with van der Waals surface area (Å²) in [6.45, 7) is 8.40. The molecule has 0 bridgehead atoms. The Morgan fingerprint density at radius 2 is 2.00 bits per heavy atom. The van der Waals surface area contributed by atoms with Crippen LogP contribution < -0.4 is 5.73 Å². The first-order valence-electron chi connectivity index (χ1n) is 5.23. The van der Waals surface area contributed by atoms with Gasteiger partial charge in [-0.1, -0.05) is 20.8 Å². The first-order valence-corrected chi connectivity index (χ1v) is 6.17. The number of carbonyl (C=O) groups excluding carboxylic acids is 1. The minimum atomic E-state index is -0.182. The van der Waals surface area contributed by atoms with Crippen molar-refractivity contribution in [1.82, 2.24) is 4.90 Å². The van der Waals surface area contributed by atoms with Crippen LogP contribution in [0.4, 0.5) is 0 Å². The number of hydrogen-bond acceptors (Lipinski definition) is 3. The van der Waals surface area contributed by atoms with E-state index in [1.54, 1.807) is 0 Å². The summed E-state index contributed by atoms with van der Waals surface area (Å²) in [5, 5.41) is 1.21. The Labute approximate surface area is 90.4 Å². The Bertz CT molecular complexity index is 200. The van der Waals surface area contributed by atoms with Gasteiger partial charge in [-0.15, -0.1) is 0 Å². The molecule has 1 rings (SSSR count). The maximum absolute atomic E-state index is 11.2. The lowest BCUT2D eigenvalue weighted by molar-refractivity contribution is -0.123. The second-order valence-corrected chi connectivity index (χ2v) is 5.92. The molecule has 1 aliphatic heterocycles. The maximum atomic E-state index is 11.2. The summed E-state index contributed by atoms with van der Waals surface area (Å²) in [4.78, 5) is 13.4. The van der Waals surface area contributed by atoms with E-state index in [9.17, 15) is 4.79 Å². The van der Waals surface area contributed by atoms with Crippen LogP contribution in [0.3, 0.4) is 0 Å². The number of nitrogens with zero attached hydrogens (tertiary/aromatic N) is 1. The molecule has 1 heterocycles. The van der Waals surface area contributed by atoms with Gasteiger partial charge in [0.05, 0.1) is 6.04 Å². The van der Waals surface area contributed by atoms with Crippen molar-refractivity contribution >= 4 is 17.7 Å². The summed E-state index contributed by atoms with van der Waals surface area (Å²) in [5.74, 6) is -0.182. The number of primary amides is 1. The largest absolute Gasteiger partial charge is 0.368 e. The van der Waals surface area contributed by atoms with E-state index in [-0.39, 0.29) is 11.9 Å². The van der Waals surface area contributed by atoms with Crippen LogP contribution in [0.1, 0.15) is 27.2 Å². The van der Waals surface area contributed by atoms with Crippen molar-refractivity contribution in [3.05, 3.63) is 0 Å². The van der Waals surface area contributed by atoms with Crippen LogP contribution in [0.5, 0.6) is 0 Å². The van der Waals surface area contributed by atoms with Crippen molar-refractivity contribution in [3.8, 4) is 0 Å². The Hall–Kier alpha value is -0.220. The molecular weight excluding hydrogens is 196 g/mol. The second kappa shape index (κ2) is 5.03. The fourth-order valence-electron chi connectivity index (χ4n) is 2.11. The molecule has 0 radical (unpaired) electrons. The molecule has 0 aromatic rings. The lowest BCUT2D eigenvalue weighted by Gasteiger charge is -2.38. The van der Waals surface area contributed by atoms with Crippen LogP contribution >= 0.6 is 11.8 Å². The van der Waals surface area contributed by atoms with Gasteiger partial charge in [0.2, 0.25) is 5.91 Å². The van der Waals surface area contributed by atoms with E-state index in [1.165, 1.54) is 0 Å². The average molecular weight is 216 g/mol. The maximum Gasteiger partial charge on any atom is 0.234 e. The lowest BCUT2D eigenvalue weighted by Crippen LogP contribution is -2.51. The highest BCUT2D eigenvalue weighted by Crippen LogP contribution is 2.26. The van der Waals surface area contributed by atoms with Gasteiger partial charge in [0.1, 0.15) is 0 Å². The third kappa shape index (κ3) is 2.89. The van der Waals surface area contributed by atoms with Gasteiger partial charge in [0.15, 0.2) is 0 Å². The predicted octanol–water partition coefficient (Wildman–Crippen LogP) is 1.08. The molecule has 82 valence electrons. The molecule has 3 atom stereocenters. The van der Waals surface area contributed by atoms with Crippen LogP contribution in [0.2, 0.25) is 0 Å². The quantitative estimate of drug-likeness (QED) is 0.768. The molecular formula is C10H20N2OS. The smallest absolute Gasteiger partial charge is 0.234 e. The Morgan fingerprint density at radius 1 is 1.50 bits per heavy atom. The predicted molar refractivity (Wildman–Crippen MR) is 61.4 cm³/mol. The molecule has 0 aliphatic carbocycles. The summed E-state index contributed by atoms with van der Waals surface area (Å²) in [6.07, 6.45) is 0.819. The topological polar surface area (TPSA) is 46.3 Å². The third-order valence-corrected chi connectivity index (χ3v) is 3.83. The zero-order valence-electron chi connectivity index (χ0n) is 9.19. The zero-order valence-corrected chi connectivity index (χ0v) is 10.0. The molecule has 1 aliphatic rings. The number of rotatable bonds is 3. The first-order chi connectivity index (χ1) is 6.54. The zero-order chi connectivity index (χ0) is 10.7. The van der Waals surface area contributed by atoms with Crippen LogP contribution in [0.15, 0.2) is 0 Å².